The summed E-state index contributed by atoms with van der Waals surface area (Å²) in [5.74, 6) is 0.445. The van der Waals surface area contributed by atoms with E-state index in [-0.39, 0.29) is 11.1 Å². The number of aromatic nitrogens is 2. The smallest absolute Gasteiger partial charge is 0.270 e. The Labute approximate surface area is 172 Å². The monoisotopic (exact) mass is 400 g/mol. The van der Waals surface area contributed by atoms with Gasteiger partial charge in [0.25, 0.3) is 5.56 Å². The summed E-state index contributed by atoms with van der Waals surface area (Å²) in [7, 11) is 1.73. The summed E-state index contributed by atoms with van der Waals surface area (Å²) in [5, 5.41) is 10.7. The van der Waals surface area contributed by atoms with Crippen molar-refractivity contribution in [3.63, 3.8) is 0 Å². The Morgan fingerprint density at radius 3 is 2.72 bits per heavy atom. The molecular formula is C23H20N4OS. The minimum absolute atomic E-state index is 0.226. The molecule has 29 heavy (non-hydrogen) atoms. The van der Waals surface area contributed by atoms with Crippen LogP contribution in [0.25, 0.3) is 21.1 Å². The number of thiazole rings is 1. The lowest BCUT2D eigenvalue weighted by molar-refractivity contribution is 0.508. The zero-order chi connectivity index (χ0) is 20.0. The molecule has 1 fully saturated rings. The van der Waals surface area contributed by atoms with Crippen LogP contribution in [-0.4, -0.2) is 22.6 Å². The Hall–Kier alpha value is -3.17. The quantitative estimate of drug-likeness (QED) is 0.500. The van der Waals surface area contributed by atoms with Crippen molar-refractivity contribution in [1.82, 2.24) is 9.55 Å². The van der Waals surface area contributed by atoms with Crippen molar-refractivity contribution in [1.29, 1.82) is 5.26 Å². The Morgan fingerprint density at radius 2 is 1.93 bits per heavy atom. The van der Waals surface area contributed by atoms with E-state index in [2.05, 4.69) is 34.2 Å². The lowest BCUT2D eigenvalue weighted by Crippen LogP contribution is -2.35. The van der Waals surface area contributed by atoms with Crippen molar-refractivity contribution in [2.45, 2.75) is 18.8 Å². The summed E-state index contributed by atoms with van der Waals surface area (Å²) in [6.45, 7) is 1.63. The molecule has 0 unspecified atom stereocenters. The van der Waals surface area contributed by atoms with Gasteiger partial charge in [0, 0.05) is 25.5 Å². The molecule has 2 aromatic heterocycles. The second kappa shape index (κ2) is 7.02. The highest BCUT2D eigenvalue weighted by atomic mass is 32.1. The highest BCUT2D eigenvalue weighted by molar-refractivity contribution is 7.16. The molecule has 2 aromatic carbocycles. The lowest BCUT2D eigenvalue weighted by Gasteiger charge is -2.35. The van der Waals surface area contributed by atoms with E-state index in [4.69, 9.17) is 0 Å². The molecule has 0 radical (unpaired) electrons. The molecule has 3 heterocycles. The topological polar surface area (TPSA) is 61.9 Å². The Kier molecular flexibility index (Phi) is 4.33. The molecule has 1 saturated heterocycles. The number of piperidine rings is 1. The standard InChI is InChI=1S/C23H20N4OS/c1-26-19-7-3-2-5-17(19)22(18(13-24)23(26)28)27-11-9-15(10-12-27)16-6-4-8-20-21(16)25-14-29-20/h2-8,14-15H,9-12H2,1H3. The number of nitrogens with zero attached hydrogens (tertiary/aromatic N) is 4. The van der Waals surface area contributed by atoms with Crippen molar-refractivity contribution in [2.75, 3.05) is 18.0 Å². The van der Waals surface area contributed by atoms with Gasteiger partial charge in [-0.25, -0.2) is 4.98 Å². The summed E-state index contributed by atoms with van der Waals surface area (Å²) < 4.78 is 2.81. The first-order chi connectivity index (χ1) is 14.2. The van der Waals surface area contributed by atoms with Crippen molar-refractivity contribution < 1.29 is 0 Å². The fourth-order valence-electron chi connectivity index (χ4n) is 4.56. The van der Waals surface area contributed by atoms with Crippen LogP contribution in [0.5, 0.6) is 0 Å². The molecule has 0 amide bonds. The van der Waals surface area contributed by atoms with Crippen LogP contribution in [0.1, 0.15) is 29.9 Å². The first kappa shape index (κ1) is 17.9. The van der Waals surface area contributed by atoms with Gasteiger partial charge in [0.2, 0.25) is 0 Å². The van der Waals surface area contributed by atoms with Crippen LogP contribution < -0.4 is 10.5 Å². The van der Waals surface area contributed by atoms with E-state index in [1.807, 2.05) is 29.8 Å². The van der Waals surface area contributed by atoms with Gasteiger partial charge in [0.05, 0.1) is 26.9 Å². The number of rotatable bonds is 2. The number of fused-ring (bicyclic) bond motifs is 2. The summed E-state index contributed by atoms with van der Waals surface area (Å²) in [5.41, 5.74) is 6.01. The Balaban J connectivity index is 1.53. The number of hydrogen-bond acceptors (Lipinski definition) is 5. The molecule has 0 bridgehead atoms. The van der Waals surface area contributed by atoms with E-state index in [9.17, 15) is 10.1 Å². The van der Waals surface area contributed by atoms with Crippen molar-refractivity contribution >= 4 is 38.1 Å². The molecule has 0 saturated carbocycles. The van der Waals surface area contributed by atoms with Gasteiger partial charge in [-0.05, 0) is 36.5 Å². The Bertz CT molecular complexity index is 1320. The number of hydrogen-bond donors (Lipinski definition) is 0. The highest BCUT2D eigenvalue weighted by Crippen LogP contribution is 2.37. The minimum Gasteiger partial charge on any atom is -0.370 e. The predicted molar refractivity (Wildman–Crippen MR) is 118 cm³/mol. The van der Waals surface area contributed by atoms with Gasteiger partial charge in [-0.3, -0.25) is 4.79 Å². The van der Waals surface area contributed by atoms with Crippen LogP contribution in [0.2, 0.25) is 0 Å². The predicted octanol–water partition coefficient (Wildman–Crippen LogP) is 4.40. The average molecular weight is 401 g/mol. The van der Waals surface area contributed by atoms with Crippen LogP contribution >= 0.6 is 11.3 Å². The van der Waals surface area contributed by atoms with Crippen LogP contribution in [0.15, 0.2) is 52.8 Å². The molecular weight excluding hydrogens is 380 g/mol. The molecule has 6 heteroatoms. The molecule has 0 N–H and O–H groups in total. The van der Waals surface area contributed by atoms with Gasteiger partial charge < -0.3 is 9.47 Å². The summed E-state index contributed by atoms with van der Waals surface area (Å²) in [4.78, 5) is 19.6. The third-order valence-corrected chi connectivity index (χ3v) is 6.82. The Morgan fingerprint density at radius 1 is 1.14 bits per heavy atom. The van der Waals surface area contributed by atoms with Crippen LogP contribution in [0, 0.1) is 11.3 Å². The number of nitriles is 1. The number of anilines is 1. The fraction of sp³-hybridized carbons (Fsp3) is 0.261. The molecule has 4 aromatic rings. The molecule has 5 nitrogen and oxygen atoms in total. The van der Waals surface area contributed by atoms with E-state index in [1.54, 1.807) is 23.0 Å². The van der Waals surface area contributed by atoms with Crippen LogP contribution in [-0.2, 0) is 7.05 Å². The third-order valence-electron chi connectivity index (χ3n) is 6.03. The number of para-hydroxylation sites is 2. The third kappa shape index (κ3) is 2.81. The fourth-order valence-corrected chi connectivity index (χ4v) is 5.27. The summed E-state index contributed by atoms with van der Waals surface area (Å²) in [6, 6.07) is 16.4. The first-order valence-corrected chi connectivity index (χ1v) is 10.7. The summed E-state index contributed by atoms with van der Waals surface area (Å²) >= 11 is 1.68. The maximum absolute atomic E-state index is 12.8. The van der Waals surface area contributed by atoms with E-state index in [0.717, 1.165) is 48.0 Å². The minimum atomic E-state index is -0.226. The van der Waals surface area contributed by atoms with Gasteiger partial charge >= 0.3 is 0 Å². The van der Waals surface area contributed by atoms with E-state index >= 15 is 0 Å². The zero-order valence-corrected chi connectivity index (χ0v) is 16.9. The normalized spacial score (nSPS) is 15.1. The van der Waals surface area contributed by atoms with Crippen LogP contribution in [0.4, 0.5) is 5.69 Å². The molecule has 1 aliphatic rings. The van der Waals surface area contributed by atoms with Gasteiger partial charge in [0.15, 0.2) is 0 Å². The molecule has 1 aliphatic heterocycles. The van der Waals surface area contributed by atoms with Gasteiger partial charge in [-0.15, -0.1) is 11.3 Å². The van der Waals surface area contributed by atoms with Crippen molar-refractivity contribution in [3.05, 3.63) is 69.5 Å². The maximum Gasteiger partial charge on any atom is 0.270 e. The molecule has 144 valence electrons. The van der Waals surface area contributed by atoms with E-state index < -0.39 is 0 Å². The maximum atomic E-state index is 12.8. The first-order valence-electron chi connectivity index (χ1n) is 9.78. The molecule has 0 atom stereocenters. The van der Waals surface area contributed by atoms with Crippen molar-refractivity contribution in [3.8, 4) is 6.07 Å². The summed E-state index contributed by atoms with van der Waals surface area (Å²) in [6.07, 6.45) is 1.95. The molecule has 5 rings (SSSR count). The second-order valence-electron chi connectivity index (χ2n) is 7.52. The number of aryl methyl sites for hydroxylation is 1. The van der Waals surface area contributed by atoms with Gasteiger partial charge in [0.1, 0.15) is 11.6 Å². The largest absolute Gasteiger partial charge is 0.370 e. The van der Waals surface area contributed by atoms with Gasteiger partial charge in [-0.1, -0.05) is 30.3 Å². The molecule has 0 spiro atoms. The average Bonchev–Trinajstić information content (AvgIpc) is 3.25. The highest BCUT2D eigenvalue weighted by Gasteiger charge is 2.27. The second-order valence-corrected chi connectivity index (χ2v) is 8.41. The van der Waals surface area contributed by atoms with E-state index in [1.165, 1.54) is 10.3 Å². The number of pyridine rings is 1. The van der Waals surface area contributed by atoms with E-state index in [0.29, 0.717) is 5.92 Å². The number of benzene rings is 2. The SMILES string of the molecule is Cn1c(=O)c(C#N)c(N2CCC(c3cccc4scnc34)CC2)c2ccccc21. The lowest BCUT2D eigenvalue weighted by atomic mass is 9.88. The van der Waals surface area contributed by atoms with Crippen molar-refractivity contribution in [2.24, 2.45) is 7.05 Å². The van der Waals surface area contributed by atoms with Gasteiger partial charge in [-0.2, -0.15) is 5.26 Å². The van der Waals surface area contributed by atoms with Crippen LogP contribution in [0.3, 0.4) is 0 Å². The molecule has 0 aliphatic carbocycles. The zero-order valence-electron chi connectivity index (χ0n) is 16.1.